The molecule has 4 rings (SSSR count). The van der Waals surface area contributed by atoms with Gasteiger partial charge in [-0.3, -0.25) is 19.8 Å². The number of carbonyl (C=O) groups excluding carboxylic acids is 2. The topological polar surface area (TPSA) is 92.6 Å². The van der Waals surface area contributed by atoms with Gasteiger partial charge in [-0.25, -0.2) is 4.79 Å². The lowest BCUT2D eigenvalue weighted by molar-refractivity contribution is -0.385. The van der Waals surface area contributed by atoms with Crippen LogP contribution in [0.5, 0.6) is 0 Å². The molecule has 3 amide bonds. The lowest BCUT2D eigenvalue weighted by Gasteiger charge is -2.33. The first-order chi connectivity index (χ1) is 12.5. The maximum Gasteiger partial charge on any atom is 0.325 e. The summed E-state index contributed by atoms with van der Waals surface area (Å²) in [7, 11) is 0. The molecule has 132 valence electrons. The number of aryl methyl sites for hydroxylation is 1. The molecule has 1 unspecified atom stereocenters. The minimum atomic E-state index is -1.06. The van der Waals surface area contributed by atoms with Gasteiger partial charge in [-0.05, 0) is 30.4 Å². The van der Waals surface area contributed by atoms with Gasteiger partial charge in [0.05, 0.1) is 11.5 Å². The number of para-hydroxylation sites is 1. The molecule has 2 aromatic carbocycles. The van der Waals surface area contributed by atoms with Crippen molar-refractivity contribution in [3.8, 4) is 0 Å². The van der Waals surface area contributed by atoms with E-state index in [9.17, 15) is 19.7 Å². The molecule has 1 saturated heterocycles. The number of carbonyl (C=O) groups is 2. The van der Waals surface area contributed by atoms with E-state index in [1.165, 1.54) is 6.07 Å². The third kappa shape index (κ3) is 2.35. The molecule has 7 heteroatoms. The number of nitrogens with one attached hydrogen (secondary N) is 1. The van der Waals surface area contributed by atoms with Gasteiger partial charge in [0.2, 0.25) is 0 Å². The number of hydrogen-bond acceptors (Lipinski definition) is 4. The van der Waals surface area contributed by atoms with Crippen LogP contribution in [0.2, 0.25) is 0 Å². The molecular weight excluding hydrogens is 334 g/mol. The van der Waals surface area contributed by atoms with Gasteiger partial charge in [0, 0.05) is 11.6 Å². The number of amides is 3. The summed E-state index contributed by atoms with van der Waals surface area (Å²) >= 11 is 0. The number of nitro groups is 1. The normalized spacial score (nSPS) is 21.6. The lowest BCUT2D eigenvalue weighted by Crippen LogP contribution is -2.46. The van der Waals surface area contributed by atoms with Gasteiger partial charge in [0.15, 0.2) is 0 Å². The second-order valence-corrected chi connectivity index (χ2v) is 6.62. The Kier molecular flexibility index (Phi) is 3.72. The summed E-state index contributed by atoms with van der Waals surface area (Å²) in [6.07, 6.45) is 2.19. The smallest absolute Gasteiger partial charge is 0.319 e. The van der Waals surface area contributed by atoms with E-state index in [1.54, 1.807) is 18.2 Å². The highest BCUT2D eigenvalue weighted by Crippen LogP contribution is 2.40. The van der Waals surface area contributed by atoms with Crippen molar-refractivity contribution in [1.82, 2.24) is 10.2 Å². The van der Waals surface area contributed by atoms with Crippen LogP contribution in [0.1, 0.15) is 29.5 Å². The molecule has 0 bridgehead atoms. The Bertz CT molecular complexity index is 927. The van der Waals surface area contributed by atoms with Crippen molar-refractivity contribution in [2.45, 2.75) is 31.3 Å². The first-order valence-corrected chi connectivity index (χ1v) is 8.48. The molecule has 1 N–H and O–H groups in total. The number of hydrogen-bond donors (Lipinski definition) is 1. The lowest BCUT2D eigenvalue weighted by atomic mass is 9.76. The molecule has 1 spiro atoms. The summed E-state index contributed by atoms with van der Waals surface area (Å²) in [4.78, 5) is 37.6. The zero-order valence-electron chi connectivity index (χ0n) is 14.0. The van der Waals surface area contributed by atoms with Crippen molar-refractivity contribution in [3.05, 3.63) is 75.3 Å². The highest BCUT2D eigenvalue weighted by molar-refractivity contribution is 6.07. The van der Waals surface area contributed by atoms with Crippen molar-refractivity contribution in [3.63, 3.8) is 0 Å². The number of benzene rings is 2. The van der Waals surface area contributed by atoms with Crippen molar-refractivity contribution >= 4 is 17.6 Å². The zero-order chi connectivity index (χ0) is 18.3. The third-order valence-corrected chi connectivity index (χ3v) is 5.17. The summed E-state index contributed by atoms with van der Waals surface area (Å²) in [5.74, 6) is -0.340. The van der Waals surface area contributed by atoms with E-state index in [0.717, 1.165) is 28.9 Å². The summed E-state index contributed by atoms with van der Waals surface area (Å²) in [5, 5.41) is 14.1. The number of nitrogens with zero attached hydrogens (tertiary/aromatic N) is 2. The van der Waals surface area contributed by atoms with Crippen molar-refractivity contribution in [1.29, 1.82) is 0 Å². The van der Waals surface area contributed by atoms with Crippen LogP contribution in [-0.4, -0.2) is 21.8 Å². The van der Waals surface area contributed by atoms with Crippen LogP contribution in [0.15, 0.2) is 48.5 Å². The number of fused-ring (bicyclic) bond motifs is 2. The van der Waals surface area contributed by atoms with E-state index >= 15 is 0 Å². The van der Waals surface area contributed by atoms with E-state index in [-0.39, 0.29) is 18.1 Å². The predicted molar refractivity (Wildman–Crippen MR) is 93.2 cm³/mol. The van der Waals surface area contributed by atoms with Gasteiger partial charge >= 0.3 is 6.03 Å². The molecule has 7 nitrogen and oxygen atoms in total. The zero-order valence-corrected chi connectivity index (χ0v) is 14.0. The Balaban J connectivity index is 1.71. The monoisotopic (exact) mass is 351 g/mol. The Morgan fingerprint density at radius 1 is 1.12 bits per heavy atom. The minimum absolute atomic E-state index is 0.0990. The van der Waals surface area contributed by atoms with Crippen LogP contribution < -0.4 is 5.32 Å². The maximum absolute atomic E-state index is 13.2. The highest BCUT2D eigenvalue weighted by atomic mass is 16.6. The average molecular weight is 351 g/mol. The van der Waals surface area contributed by atoms with Gasteiger partial charge in [-0.2, -0.15) is 0 Å². The van der Waals surface area contributed by atoms with Crippen LogP contribution in [0.25, 0.3) is 0 Å². The SMILES string of the molecule is O=C1NC2(CCCc3ccccc32)C(=O)N1Cc1ccccc1[N+](=O)[O-]. The first kappa shape index (κ1) is 16.3. The molecule has 0 aromatic heterocycles. The Hall–Kier alpha value is -3.22. The Labute approximate surface area is 149 Å². The summed E-state index contributed by atoms with van der Waals surface area (Å²) in [6.45, 7) is -0.119. The van der Waals surface area contributed by atoms with Gasteiger partial charge in [0.1, 0.15) is 5.54 Å². The highest BCUT2D eigenvalue weighted by Gasteiger charge is 2.53. The molecule has 1 heterocycles. The molecule has 1 aliphatic carbocycles. The first-order valence-electron chi connectivity index (χ1n) is 8.48. The molecule has 1 fully saturated rings. The summed E-state index contributed by atoms with van der Waals surface area (Å²) in [5.41, 5.74) is 1.06. The number of urea groups is 1. The Morgan fingerprint density at radius 2 is 1.85 bits per heavy atom. The van der Waals surface area contributed by atoms with Gasteiger partial charge in [-0.15, -0.1) is 0 Å². The molecule has 2 aliphatic rings. The molecule has 26 heavy (non-hydrogen) atoms. The number of rotatable bonds is 3. The molecule has 1 atom stereocenters. The van der Waals surface area contributed by atoms with Crippen LogP contribution in [0, 0.1) is 10.1 Å². The van der Waals surface area contributed by atoms with Crippen LogP contribution >= 0.6 is 0 Å². The van der Waals surface area contributed by atoms with E-state index in [2.05, 4.69) is 5.32 Å². The van der Waals surface area contributed by atoms with Crippen LogP contribution in [0.3, 0.4) is 0 Å². The van der Waals surface area contributed by atoms with E-state index in [1.807, 2.05) is 24.3 Å². The predicted octanol–water partition coefficient (Wildman–Crippen LogP) is 2.88. The number of imide groups is 1. The average Bonchev–Trinajstić information content (AvgIpc) is 2.87. The molecule has 2 aromatic rings. The van der Waals surface area contributed by atoms with Gasteiger partial charge < -0.3 is 5.32 Å². The fraction of sp³-hybridized carbons (Fsp3) is 0.263. The fourth-order valence-corrected chi connectivity index (χ4v) is 3.95. The largest absolute Gasteiger partial charge is 0.325 e. The second-order valence-electron chi connectivity index (χ2n) is 6.62. The number of nitro benzene ring substituents is 1. The standard InChI is InChI=1S/C19H17N3O4/c23-17-19(11-5-8-13-6-1-3-9-15(13)19)20-18(24)21(17)12-14-7-2-4-10-16(14)22(25)26/h1-4,6-7,9-10H,5,8,11-12H2,(H,20,24). The van der Waals surface area contributed by atoms with Gasteiger partial charge in [-0.1, -0.05) is 42.5 Å². The molecule has 0 radical (unpaired) electrons. The quantitative estimate of drug-likeness (QED) is 0.523. The fourth-order valence-electron chi connectivity index (χ4n) is 3.95. The van der Waals surface area contributed by atoms with E-state index < -0.39 is 16.5 Å². The second kappa shape index (κ2) is 5.94. The minimum Gasteiger partial charge on any atom is -0.319 e. The van der Waals surface area contributed by atoms with Crippen LogP contribution in [0.4, 0.5) is 10.5 Å². The van der Waals surface area contributed by atoms with Gasteiger partial charge in [0.25, 0.3) is 11.6 Å². The van der Waals surface area contributed by atoms with Crippen molar-refractivity contribution in [2.24, 2.45) is 0 Å². The van der Waals surface area contributed by atoms with E-state index in [4.69, 9.17) is 0 Å². The van der Waals surface area contributed by atoms with Crippen molar-refractivity contribution in [2.75, 3.05) is 0 Å². The maximum atomic E-state index is 13.2. The molecular formula is C19H17N3O4. The summed E-state index contributed by atoms with van der Waals surface area (Å²) in [6, 6.07) is 13.3. The van der Waals surface area contributed by atoms with Crippen molar-refractivity contribution < 1.29 is 14.5 Å². The summed E-state index contributed by atoms with van der Waals surface area (Å²) < 4.78 is 0. The van der Waals surface area contributed by atoms with E-state index in [0.29, 0.717) is 12.0 Å². The third-order valence-electron chi connectivity index (χ3n) is 5.17. The Morgan fingerprint density at radius 3 is 2.65 bits per heavy atom. The van der Waals surface area contributed by atoms with Crippen LogP contribution in [-0.2, 0) is 23.3 Å². The molecule has 1 aliphatic heterocycles. The molecule has 0 saturated carbocycles.